The maximum absolute atomic E-state index is 14.1. The third-order valence-corrected chi connectivity index (χ3v) is 8.48. The topological polar surface area (TPSA) is 120 Å². The number of nitrogens with zero attached hydrogens (tertiary/aromatic N) is 2. The predicted octanol–water partition coefficient (Wildman–Crippen LogP) is 5.56. The summed E-state index contributed by atoms with van der Waals surface area (Å²) in [7, 11) is 1.55. The third-order valence-electron chi connectivity index (χ3n) is 7.16. The van der Waals surface area contributed by atoms with Crippen LogP contribution >= 0.6 is 22.9 Å². The summed E-state index contributed by atoms with van der Waals surface area (Å²) < 4.78 is 18.8. The molecule has 0 aliphatic carbocycles. The quantitative estimate of drug-likeness (QED) is 0.221. The number of carboxylic acids is 1. The molecule has 0 spiro atoms. The van der Waals surface area contributed by atoms with E-state index in [1.54, 1.807) is 56.5 Å². The Morgan fingerprint density at radius 1 is 1.04 bits per heavy atom. The number of carbonyl (C=O) groups is 2. The average molecular weight is 641 g/mol. The molecule has 3 aromatic carbocycles. The first-order valence-corrected chi connectivity index (χ1v) is 15.0. The van der Waals surface area contributed by atoms with Gasteiger partial charge in [0.2, 0.25) is 0 Å². The van der Waals surface area contributed by atoms with Crippen molar-refractivity contribution in [3.05, 3.63) is 138 Å². The molecule has 1 atom stereocenters. The van der Waals surface area contributed by atoms with Crippen molar-refractivity contribution < 1.29 is 28.6 Å². The van der Waals surface area contributed by atoms with Crippen LogP contribution in [0, 0.1) is 0 Å². The Labute approximate surface area is 265 Å². The van der Waals surface area contributed by atoms with Crippen LogP contribution in [0.3, 0.4) is 0 Å². The van der Waals surface area contributed by atoms with Crippen LogP contribution in [-0.4, -0.2) is 35.3 Å². The fourth-order valence-corrected chi connectivity index (χ4v) is 6.30. The number of fused-ring (bicyclic) bond motifs is 1. The van der Waals surface area contributed by atoms with Gasteiger partial charge in [0, 0.05) is 17.2 Å². The molecule has 0 radical (unpaired) electrons. The van der Waals surface area contributed by atoms with Crippen LogP contribution in [0.25, 0.3) is 23.1 Å². The number of halogens is 1. The fourth-order valence-electron chi connectivity index (χ4n) is 5.12. The molecule has 11 heteroatoms. The van der Waals surface area contributed by atoms with Gasteiger partial charge in [0.25, 0.3) is 5.56 Å². The molecular weight excluding hydrogens is 616 g/mol. The molecule has 3 heterocycles. The summed E-state index contributed by atoms with van der Waals surface area (Å²) in [6.07, 6.45) is 1.60. The van der Waals surface area contributed by atoms with Gasteiger partial charge in [-0.2, -0.15) is 0 Å². The van der Waals surface area contributed by atoms with Crippen molar-refractivity contribution in [3.63, 3.8) is 0 Å². The maximum Gasteiger partial charge on any atom is 0.338 e. The van der Waals surface area contributed by atoms with Gasteiger partial charge in [-0.1, -0.05) is 65.4 Å². The first kappa shape index (κ1) is 29.9. The summed E-state index contributed by atoms with van der Waals surface area (Å²) >= 11 is 7.19. The summed E-state index contributed by atoms with van der Waals surface area (Å²) in [6, 6.07) is 23.6. The average Bonchev–Trinajstić information content (AvgIpc) is 3.64. The molecule has 0 bridgehead atoms. The minimum absolute atomic E-state index is 0.0513. The molecule has 45 heavy (non-hydrogen) atoms. The molecule has 0 unspecified atom stereocenters. The number of ether oxygens (including phenoxy) is 2. The van der Waals surface area contributed by atoms with E-state index in [0.717, 1.165) is 11.3 Å². The van der Waals surface area contributed by atoms with Gasteiger partial charge in [-0.3, -0.25) is 9.36 Å². The van der Waals surface area contributed by atoms with Crippen molar-refractivity contribution in [3.8, 4) is 17.1 Å². The van der Waals surface area contributed by atoms with Crippen LogP contribution in [0.15, 0.2) is 105 Å². The monoisotopic (exact) mass is 640 g/mol. The summed E-state index contributed by atoms with van der Waals surface area (Å²) in [5.41, 5.74) is 2.07. The Kier molecular flexibility index (Phi) is 8.25. The first-order valence-electron chi connectivity index (χ1n) is 13.8. The van der Waals surface area contributed by atoms with Crippen LogP contribution in [0.1, 0.15) is 40.2 Å². The molecule has 0 amide bonds. The normalized spacial score (nSPS) is 14.6. The Morgan fingerprint density at radius 3 is 2.58 bits per heavy atom. The number of thiazole rings is 1. The van der Waals surface area contributed by atoms with Crippen molar-refractivity contribution in [1.82, 2.24) is 4.57 Å². The van der Waals surface area contributed by atoms with Crippen molar-refractivity contribution in [1.29, 1.82) is 0 Å². The van der Waals surface area contributed by atoms with Crippen LogP contribution < -0.4 is 19.6 Å². The number of carboxylic acid groups (broad SMARTS) is 1. The highest BCUT2D eigenvalue weighted by Crippen LogP contribution is 2.36. The van der Waals surface area contributed by atoms with Gasteiger partial charge in [0.15, 0.2) is 4.80 Å². The minimum atomic E-state index is -1.16. The molecular formula is C34H25ClN2O7S. The van der Waals surface area contributed by atoms with Gasteiger partial charge in [-0.25, -0.2) is 14.6 Å². The minimum Gasteiger partial charge on any atom is -0.497 e. The SMILES string of the molecule is CCOC(=O)C1=C(c2ccccc2)N=c2s/c(=C\c3ccc(-c4ccc(Cl)c(C(=O)O)c4)o3)c(=O)n2[C@@H]1c1cccc(OC)c1. The third kappa shape index (κ3) is 5.73. The summed E-state index contributed by atoms with van der Waals surface area (Å²) in [5.74, 6) is -0.405. The van der Waals surface area contributed by atoms with E-state index in [1.807, 2.05) is 36.4 Å². The van der Waals surface area contributed by atoms with E-state index in [1.165, 1.54) is 16.7 Å². The van der Waals surface area contributed by atoms with Crippen molar-refractivity contribution in [2.24, 2.45) is 4.99 Å². The Morgan fingerprint density at radius 2 is 1.84 bits per heavy atom. The first-order chi connectivity index (χ1) is 21.8. The number of esters is 1. The highest BCUT2D eigenvalue weighted by molar-refractivity contribution is 7.07. The van der Waals surface area contributed by atoms with E-state index in [9.17, 15) is 19.5 Å². The molecule has 9 nitrogen and oxygen atoms in total. The second-order valence-electron chi connectivity index (χ2n) is 9.91. The number of carbonyl (C=O) groups excluding carboxylic acids is 1. The number of hydrogen-bond acceptors (Lipinski definition) is 8. The number of benzene rings is 3. The van der Waals surface area contributed by atoms with Gasteiger partial charge < -0.3 is 19.0 Å². The van der Waals surface area contributed by atoms with Gasteiger partial charge in [-0.15, -0.1) is 0 Å². The van der Waals surface area contributed by atoms with E-state index >= 15 is 0 Å². The second kappa shape index (κ2) is 12.4. The van der Waals surface area contributed by atoms with Crippen LogP contribution in [0.4, 0.5) is 0 Å². The zero-order chi connectivity index (χ0) is 31.7. The van der Waals surface area contributed by atoms with Gasteiger partial charge in [0.1, 0.15) is 17.3 Å². The zero-order valence-electron chi connectivity index (χ0n) is 24.0. The van der Waals surface area contributed by atoms with Crippen LogP contribution in [0.2, 0.25) is 5.02 Å². The maximum atomic E-state index is 14.1. The number of furan rings is 1. The zero-order valence-corrected chi connectivity index (χ0v) is 25.6. The smallest absolute Gasteiger partial charge is 0.338 e. The van der Waals surface area contributed by atoms with Gasteiger partial charge in [0.05, 0.1) is 46.1 Å². The second-order valence-corrected chi connectivity index (χ2v) is 11.3. The summed E-state index contributed by atoms with van der Waals surface area (Å²) in [5, 5.41) is 9.56. The van der Waals surface area contributed by atoms with Crippen LogP contribution in [0.5, 0.6) is 5.75 Å². The van der Waals surface area contributed by atoms with Crippen LogP contribution in [-0.2, 0) is 9.53 Å². The molecule has 5 aromatic rings. The van der Waals surface area contributed by atoms with E-state index in [2.05, 4.69) is 0 Å². The molecule has 1 aliphatic rings. The highest BCUT2D eigenvalue weighted by Gasteiger charge is 2.35. The highest BCUT2D eigenvalue weighted by atomic mass is 35.5. The molecule has 0 saturated carbocycles. The Balaban J connectivity index is 1.54. The fraction of sp³-hybridized carbons (Fsp3) is 0.118. The number of aromatic carboxylic acids is 1. The predicted molar refractivity (Wildman–Crippen MR) is 170 cm³/mol. The Bertz CT molecular complexity index is 2160. The number of aromatic nitrogens is 1. The van der Waals surface area contributed by atoms with E-state index in [0.29, 0.717) is 49.0 Å². The molecule has 2 aromatic heterocycles. The van der Waals surface area contributed by atoms with Crippen molar-refractivity contribution in [2.75, 3.05) is 13.7 Å². The van der Waals surface area contributed by atoms with E-state index in [4.69, 9.17) is 30.5 Å². The lowest BCUT2D eigenvalue weighted by atomic mass is 9.93. The molecule has 226 valence electrons. The lowest BCUT2D eigenvalue weighted by Gasteiger charge is -2.26. The van der Waals surface area contributed by atoms with Gasteiger partial charge in [-0.05, 0) is 55.0 Å². The summed E-state index contributed by atoms with van der Waals surface area (Å²) in [6.45, 7) is 1.86. The largest absolute Gasteiger partial charge is 0.497 e. The lowest BCUT2D eigenvalue weighted by Crippen LogP contribution is -2.40. The number of hydrogen-bond donors (Lipinski definition) is 1. The molecule has 6 rings (SSSR count). The molecule has 0 fully saturated rings. The van der Waals surface area contributed by atoms with E-state index in [-0.39, 0.29) is 28.3 Å². The molecule has 1 aliphatic heterocycles. The summed E-state index contributed by atoms with van der Waals surface area (Å²) in [4.78, 5) is 44.5. The Hall–Kier alpha value is -5.19. The standard InChI is InChI=1S/C34H25ClN2O7S/c1-3-43-33(41)28-29(19-8-5-4-6-9-19)36-34-37(30(28)21-10-7-11-22(16-21)42-2)31(38)27(45-34)18-23-13-15-26(44-23)20-12-14-25(35)24(17-20)32(39)40/h4-18,30H,3H2,1-2H3,(H,39,40)/b27-18-/t30-/m1/s1. The molecule has 1 N–H and O–H groups in total. The van der Waals surface area contributed by atoms with Crippen molar-refractivity contribution in [2.45, 2.75) is 13.0 Å². The number of methoxy groups -OCH3 is 1. The molecule has 0 saturated heterocycles. The lowest BCUT2D eigenvalue weighted by molar-refractivity contribution is -0.138. The number of rotatable bonds is 8. The van der Waals surface area contributed by atoms with E-state index < -0.39 is 18.0 Å². The van der Waals surface area contributed by atoms with Crippen molar-refractivity contribution >= 4 is 46.6 Å². The van der Waals surface area contributed by atoms with Gasteiger partial charge >= 0.3 is 11.9 Å².